The van der Waals surface area contributed by atoms with Crippen LogP contribution >= 0.6 is 34.8 Å². The van der Waals surface area contributed by atoms with Crippen LogP contribution in [0.3, 0.4) is 0 Å². The highest BCUT2D eigenvalue weighted by Crippen LogP contribution is 2.29. The Morgan fingerprint density at radius 2 is 1.71 bits per heavy atom. The molecule has 24 heavy (non-hydrogen) atoms. The van der Waals surface area contributed by atoms with Crippen molar-refractivity contribution in [3.63, 3.8) is 0 Å². The van der Waals surface area contributed by atoms with E-state index in [2.05, 4.69) is 10.6 Å². The van der Waals surface area contributed by atoms with Crippen LogP contribution in [0.1, 0.15) is 12.0 Å². The molecule has 0 aliphatic carbocycles. The molecule has 0 aliphatic heterocycles. The Morgan fingerprint density at radius 1 is 0.958 bits per heavy atom. The number of halogens is 3. The van der Waals surface area contributed by atoms with Gasteiger partial charge in [-0.1, -0.05) is 53.0 Å². The minimum Gasteiger partial charge on any atom is -0.355 e. The van der Waals surface area contributed by atoms with Crippen LogP contribution in [0.4, 0.5) is 5.69 Å². The Morgan fingerprint density at radius 3 is 2.46 bits per heavy atom. The molecular weight excluding hydrogens is 371 g/mol. The third kappa shape index (κ3) is 5.71. The van der Waals surface area contributed by atoms with Gasteiger partial charge in [-0.05, 0) is 36.2 Å². The molecule has 126 valence electrons. The van der Waals surface area contributed by atoms with Crippen LogP contribution in [0, 0.1) is 0 Å². The fourth-order valence-electron chi connectivity index (χ4n) is 2.04. The maximum absolute atomic E-state index is 11.9. The zero-order valence-electron chi connectivity index (χ0n) is 12.6. The quantitative estimate of drug-likeness (QED) is 0.727. The minimum atomic E-state index is -0.459. The van der Waals surface area contributed by atoms with Gasteiger partial charge in [0.15, 0.2) is 0 Å². The third-order valence-electron chi connectivity index (χ3n) is 3.17. The Labute approximate surface area is 155 Å². The average Bonchev–Trinajstić information content (AvgIpc) is 2.52. The SMILES string of the molecule is O=C(CC(=O)Nc1cccc(Cl)c1Cl)NCCc1cccc(Cl)c1. The van der Waals surface area contributed by atoms with Crippen molar-refractivity contribution in [3.8, 4) is 0 Å². The van der Waals surface area contributed by atoms with Crippen molar-refractivity contribution in [2.45, 2.75) is 12.8 Å². The molecule has 0 aromatic heterocycles. The standard InChI is InChI=1S/C17H15Cl3N2O2/c18-12-4-1-3-11(9-12)7-8-21-15(23)10-16(24)22-14-6-2-5-13(19)17(14)20/h1-6,9H,7-8,10H2,(H,21,23)(H,22,24). The van der Waals surface area contributed by atoms with Gasteiger partial charge in [-0.25, -0.2) is 0 Å². The van der Waals surface area contributed by atoms with E-state index in [1.165, 1.54) is 0 Å². The first-order valence-corrected chi connectivity index (χ1v) is 8.34. The number of carbonyl (C=O) groups excluding carboxylic acids is 2. The van der Waals surface area contributed by atoms with E-state index >= 15 is 0 Å². The van der Waals surface area contributed by atoms with Crippen molar-refractivity contribution < 1.29 is 9.59 Å². The van der Waals surface area contributed by atoms with Crippen LogP contribution in [0.2, 0.25) is 15.1 Å². The van der Waals surface area contributed by atoms with Crippen LogP contribution < -0.4 is 10.6 Å². The lowest BCUT2D eigenvalue weighted by Gasteiger charge is -2.09. The van der Waals surface area contributed by atoms with Gasteiger partial charge in [-0.2, -0.15) is 0 Å². The smallest absolute Gasteiger partial charge is 0.233 e. The monoisotopic (exact) mass is 384 g/mol. The molecule has 0 atom stereocenters. The van der Waals surface area contributed by atoms with Gasteiger partial charge in [0.25, 0.3) is 0 Å². The molecule has 2 N–H and O–H groups in total. The third-order valence-corrected chi connectivity index (χ3v) is 4.23. The average molecular weight is 386 g/mol. The molecule has 0 fully saturated rings. The summed E-state index contributed by atoms with van der Waals surface area (Å²) in [5.41, 5.74) is 1.39. The number of amides is 2. The fraction of sp³-hybridized carbons (Fsp3) is 0.176. The van der Waals surface area contributed by atoms with Crippen LogP contribution in [-0.2, 0) is 16.0 Å². The summed E-state index contributed by atoms with van der Waals surface area (Å²) in [6.07, 6.45) is 0.340. The van der Waals surface area contributed by atoms with E-state index < -0.39 is 5.91 Å². The highest BCUT2D eigenvalue weighted by molar-refractivity contribution is 6.44. The summed E-state index contributed by atoms with van der Waals surface area (Å²) in [7, 11) is 0. The van der Waals surface area contributed by atoms with E-state index in [0.717, 1.165) is 5.56 Å². The summed E-state index contributed by atoms with van der Waals surface area (Å²) in [5.74, 6) is -0.827. The van der Waals surface area contributed by atoms with Crippen molar-refractivity contribution in [2.75, 3.05) is 11.9 Å². The zero-order chi connectivity index (χ0) is 17.5. The van der Waals surface area contributed by atoms with Gasteiger partial charge in [-0.3, -0.25) is 9.59 Å². The van der Waals surface area contributed by atoms with Crippen molar-refractivity contribution in [1.82, 2.24) is 5.32 Å². The molecule has 0 radical (unpaired) electrons. The van der Waals surface area contributed by atoms with E-state index in [4.69, 9.17) is 34.8 Å². The largest absolute Gasteiger partial charge is 0.355 e. The lowest BCUT2D eigenvalue weighted by Crippen LogP contribution is -2.29. The summed E-state index contributed by atoms with van der Waals surface area (Å²) in [4.78, 5) is 23.7. The Hall–Kier alpha value is -1.75. The number of rotatable bonds is 6. The number of hydrogen-bond acceptors (Lipinski definition) is 2. The lowest BCUT2D eigenvalue weighted by molar-refractivity contribution is -0.126. The maximum atomic E-state index is 11.9. The molecule has 0 spiro atoms. The van der Waals surface area contributed by atoms with Gasteiger partial charge in [0, 0.05) is 11.6 Å². The van der Waals surface area contributed by atoms with Crippen LogP contribution in [0.25, 0.3) is 0 Å². The second-order valence-electron chi connectivity index (χ2n) is 5.06. The Balaban J connectivity index is 1.77. The summed E-state index contributed by atoms with van der Waals surface area (Å²) < 4.78 is 0. The first kappa shape index (κ1) is 18.6. The lowest BCUT2D eigenvalue weighted by atomic mass is 10.1. The maximum Gasteiger partial charge on any atom is 0.233 e. The van der Waals surface area contributed by atoms with Gasteiger partial charge in [-0.15, -0.1) is 0 Å². The number of anilines is 1. The molecule has 0 bridgehead atoms. The van der Waals surface area contributed by atoms with Crippen LogP contribution in [-0.4, -0.2) is 18.4 Å². The van der Waals surface area contributed by atoms with Gasteiger partial charge in [0.2, 0.25) is 11.8 Å². The Bertz CT molecular complexity index is 750. The molecule has 7 heteroatoms. The van der Waals surface area contributed by atoms with Crippen molar-refractivity contribution in [1.29, 1.82) is 0 Å². The number of carbonyl (C=O) groups is 2. The molecule has 0 saturated heterocycles. The molecule has 0 saturated carbocycles. The summed E-state index contributed by atoms with van der Waals surface area (Å²) in [6.45, 7) is 0.421. The fourth-order valence-corrected chi connectivity index (χ4v) is 2.60. The zero-order valence-corrected chi connectivity index (χ0v) is 14.9. The predicted octanol–water partition coefficient (Wildman–Crippen LogP) is 4.33. The highest BCUT2D eigenvalue weighted by Gasteiger charge is 2.12. The van der Waals surface area contributed by atoms with E-state index in [9.17, 15) is 9.59 Å². The Kier molecular flexibility index (Phi) is 6.91. The normalized spacial score (nSPS) is 10.3. The minimum absolute atomic E-state index is 0.244. The molecule has 4 nitrogen and oxygen atoms in total. The second-order valence-corrected chi connectivity index (χ2v) is 6.28. The van der Waals surface area contributed by atoms with Crippen molar-refractivity contribution in [3.05, 3.63) is 63.1 Å². The van der Waals surface area contributed by atoms with Gasteiger partial charge in [0.05, 0.1) is 15.7 Å². The molecule has 0 aliphatic rings. The summed E-state index contributed by atoms with van der Waals surface area (Å²) in [5, 5.41) is 6.48. The van der Waals surface area contributed by atoms with Crippen LogP contribution in [0.15, 0.2) is 42.5 Å². The summed E-state index contributed by atoms with van der Waals surface area (Å²) in [6, 6.07) is 12.3. The molecule has 2 aromatic carbocycles. The van der Waals surface area contributed by atoms with Crippen molar-refractivity contribution in [2.24, 2.45) is 0 Å². The molecule has 2 amide bonds. The highest BCUT2D eigenvalue weighted by atomic mass is 35.5. The molecule has 0 heterocycles. The van der Waals surface area contributed by atoms with E-state index in [1.807, 2.05) is 18.2 Å². The van der Waals surface area contributed by atoms with Gasteiger partial charge >= 0.3 is 0 Å². The first-order valence-electron chi connectivity index (χ1n) is 7.20. The predicted molar refractivity (Wildman–Crippen MR) is 97.9 cm³/mol. The molecular formula is C17H15Cl3N2O2. The molecule has 0 unspecified atom stereocenters. The molecule has 2 rings (SSSR count). The second kappa shape index (κ2) is 8.92. The van der Waals surface area contributed by atoms with E-state index in [-0.39, 0.29) is 17.4 Å². The summed E-state index contributed by atoms with van der Waals surface area (Å²) >= 11 is 17.7. The van der Waals surface area contributed by atoms with Crippen LogP contribution in [0.5, 0.6) is 0 Å². The number of benzene rings is 2. The van der Waals surface area contributed by atoms with E-state index in [1.54, 1.807) is 24.3 Å². The van der Waals surface area contributed by atoms with Gasteiger partial charge < -0.3 is 10.6 Å². The topological polar surface area (TPSA) is 58.2 Å². The van der Waals surface area contributed by atoms with Crippen molar-refractivity contribution >= 4 is 52.3 Å². The van der Waals surface area contributed by atoms with E-state index in [0.29, 0.717) is 28.7 Å². The molecule has 2 aromatic rings. The van der Waals surface area contributed by atoms with Gasteiger partial charge in [0.1, 0.15) is 6.42 Å². The first-order chi connectivity index (χ1) is 11.5. The number of hydrogen-bond donors (Lipinski definition) is 2. The number of nitrogens with one attached hydrogen (secondary N) is 2.